The number of alkyl halides is 3. The summed E-state index contributed by atoms with van der Waals surface area (Å²) in [5, 5.41) is 6.82. The van der Waals surface area contributed by atoms with Gasteiger partial charge in [-0.3, -0.25) is 4.90 Å². The quantitative estimate of drug-likeness (QED) is 0.284. The number of carbonyl (C=O) groups excluding carboxylic acids is 1. The molecule has 0 amide bonds. The number of piperazine rings is 1. The van der Waals surface area contributed by atoms with Gasteiger partial charge in [-0.25, -0.2) is 9.97 Å². The molecule has 1 aliphatic heterocycles. The first-order valence-electron chi connectivity index (χ1n) is 13.5. The van der Waals surface area contributed by atoms with Gasteiger partial charge in [0, 0.05) is 87.6 Å². The van der Waals surface area contributed by atoms with Crippen molar-refractivity contribution >= 4 is 29.3 Å². The number of likely N-dealkylation sites (N-methyl/N-ethyl adjacent to an activating group) is 1. The van der Waals surface area contributed by atoms with Crippen LogP contribution in [0.1, 0.15) is 29.2 Å². The Bertz CT molecular complexity index is 1490. The maximum absolute atomic E-state index is 13.2. The van der Waals surface area contributed by atoms with E-state index in [1.54, 1.807) is 31.6 Å². The number of pyridine rings is 2. The average Bonchev–Trinajstić information content (AvgIpc) is 3.50. The van der Waals surface area contributed by atoms with E-state index >= 15 is 0 Å². The van der Waals surface area contributed by atoms with Crippen molar-refractivity contribution in [3.8, 4) is 11.8 Å². The number of benzene rings is 1. The topological polar surface area (TPSA) is 89.2 Å². The highest BCUT2D eigenvalue weighted by atomic mass is 19.4. The van der Waals surface area contributed by atoms with Gasteiger partial charge in [-0.05, 0) is 48.5 Å². The maximum atomic E-state index is 13.2. The fourth-order valence-corrected chi connectivity index (χ4v) is 4.44. The van der Waals surface area contributed by atoms with Gasteiger partial charge in [0.2, 0.25) is 0 Å². The molecule has 0 atom stereocenters. The minimum atomic E-state index is -4.31. The summed E-state index contributed by atoms with van der Waals surface area (Å²) < 4.78 is 39.5. The summed E-state index contributed by atoms with van der Waals surface area (Å²) in [6.07, 6.45) is 1.07. The molecule has 0 radical (unpaired) electrons. The fraction of sp³-hybridized carbons (Fsp3) is 0.323. The third-order valence-electron chi connectivity index (χ3n) is 6.78. The Labute approximate surface area is 244 Å². The van der Waals surface area contributed by atoms with Gasteiger partial charge < -0.3 is 25.3 Å². The minimum absolute atomic E-state index is 0.353. The first-order chi connectivity index (χ1) is 20.3. The fourth-order valence-electron chi connectivity index (χ4n) is 4.44. The second-order valence-corrected chi connectivity index (χ2v) is 9.40. The summed E-state index contributed by atoms with van der Waals surface area (Å²) >= 11 is 0. The van der Waals surface area contributed by atoms with Crippen LogP contribution in [-0.2, 0) is 17.5 Å². The molecule has 1 fully saturated rings. The van der Waals surface area contributed by atoms with Crippen LogP contribution >= 0.6 is 0 Å². The third-order valence-corrected chi connectivity index (χ3v) is 6.78. The van der Waals surface area contributed by atoms with Crippen molar-refractivity contribution in [3.63, 3.8) is 0 Å². The molecular formula is C31H36F3N7O. The number of aromatic amines is 1. The van der Waals surface area contributed by atoms with Gasteiger partial charge in [-0.15, -0.1) is 0 Å². The van der Waals surface area contributed by atoms with E-state index in [0.29, 0.717) is 17.8 Å². The van der Waals surface area contributed by atoms with E-state index in [-0.39, 0.29) is 0 Å². The van der Waals surface area contributed by atoms with E-state index in [9.17, 15) is 13.2 Å². The molecule has 11 heteroatoms. The zero-order valence-electron chi connectivity index (χ0n) is 24.1. The molecule has 0 spiro atoms. The Hall–Kier alpha value is -4.40. The van der Waals surface area contributed by atoms with Crippen LogP contribution in [0.3, 0.4) is 0 Å². The molecule has 222 valence electrons. The first-order valence-corrected chi connectivity index (χ1v) is 13.5. The Balaban J connectivity index is 0.000000218. The van der Waals surface area contributed by atoms with Gasteiger partial charge in [0.1, 0.15) is 18.3 Å². The van der Waals surface area contributed by atoms with Gasteiger partial charge in [0.25, 0.3) is 0 Å². The summed E-state index contributed by atoms with van der Waals surface area (Å²) in [6.45, 7) is 8.94. The number of rotatable bonds is 5. The predicted octanol–water partition coefficient (Wildman–Crippen LogP) is 5.10. The molecule has 5 rings (SSSR count). The standard InChI is InChI=1S/C15H22F3N3.C15H12N4.CH2O/c1-3-20-6-8-21(9-7-20)11-12-4-5-13(19-2)10-14(12)15(16,17)18;1-16-14-9-11(4-6-17-14)2-3-12-8-13-5-7-18-15(13)19-10-12;1-2/h4-5,10,19H,3,6-9,11H2,1-2H3;4-10H,1H3,(H,16,17)(H,18,19);1H2. The summed E-state index contributed by atoms with van der Waals surface area (Å²) in [7, 11) is 3.46. The van der Waals surface area contributed by atoms with Crippen molar-refractivity contribution in [1.82, 2.24) is 24.8 Å². The summed E-state index contributed by atoms with van der Waals surface area (Å²) in [6, 6.07) is 12.3. The molecule has 0 bridgehead atoms. The van der Waals surface area contributed by atoms with Crippen molar-refractivity contribution in [1.29, 1.82) is 0 Å². The zero-order chi connectivity index (χ0) is 30.5. The number of aromatic nitrogens is 3. The lowest BCUT2D eigenvalue weighted by atomic mass is 10.0. The number of nitrogens with one attached hydrogen (secondary N) is 3. The van der Waals surface area contributed by atoms with Gasteiger partial charge in [0.15, 0.2) is 0 Å². The number of halogens is 3. The molecule has 3 aromatic heterocycles. The van der Waals surface area contributed by atoms with Crippen LogP contribution in [0.15, 0.2) is 61.1 Å². The molecular weight excluding hydrogens is 543 g/mol. The SMILES string of the molecule is C=O.CCN1CCN(Cc2ccc(NC)cc2C(F)(F)F)CC1.CNc1cc(C#Cc2cnc3[nH]ccc3c2)ccn1. The van der Waals surface area contributed by atoms with Crippen LogP contribution in [0.5, 0.6) is 0 Å². The van der Waals surface area contributed by atoms with E-state index in [4.69, 9.17) is 4.79 Å². The molecule has 1 aromatic carbocycles. The van der Waals surface area contributed by atoms with Crippen LogP contribution in [0, 0.1) is 11.8 Å². The van der Waals surface area contributed by atoms with E-state index < -0.39 is 11.7 Å². The number of fused-ring (bicyclic) bond motifs is 1. The van der Waals surface area contributed by atoms with Gasteiger partial charge in [0.05, 0.1) is 5.56 Å². The second-order valence-electron chi connectivity index (χ2n) is 9.40. The lowest BCUT2D eigenvalue weighted by Crippen LogP contribution is -2.45. The van der Waals surface area contributed by atoms with Crippen molar-refractivity contribution in [3.05, 3.63) is 83.3 Å². The number of nitrogens with zero attached hydrogens (tertiary/aromatic N) is 4. The van der Waals surface area contributed by atoms with Gasteiger partial charge in [-0.2, -0.15) is 13.2 Å². The molecule has 42 heavy (non-hydrogen) atoms. The van der Waals surface area contributed by atoms with Crippen LogP contribution in [0.25, 0.3) is 11.0 Å². The van der Waals surface area contributed by atoms with Crippen LogP contribution in [-0.4, -0.2) is 78.4 Å². The lowest BCUT2D eigenvalue weighted by molar-refractivity contribution is -0.138. The van der Waals surface area contributed by atoms with E-state index in [1.807, 2.05) is 44.3 Å². The average molecular weight is 580 g/mol. The van der Waals surface area contributed by atoms with Crippen LogP contribution < -0.4 is 10.6 Å². The highest BCUT2D eigenvalue weighted by Crippen LogP contribution is 2.34. The molecule has 1 saturated heterocycles. The molecule has 0 saturated carbocycles. The number of anilines is 2. The normalized spacial score (nSPS) is 13.6. The van der Waals surface area contributed by atoms with E-state index in [1.165, 1.54) is 6.07 Å². The largest absolute Gasteiger partial charge is 0.416 e. The van der Waals surface area contributed by atoms with Gasteiger partial charge in [-0.1, -0.05) is 24.8 Å². The maximum Gasteiger partial charge on any atom is 0.416 e. The molecule has 3 N–H and O–H groups in total. The molecule has 8 nitrogen and oxygen atoms in total. The van der Waals surface area contributed by atoms with E-state index in [2.05, 4.69) is 54.1 Å². The summed E-state index contributed by atoms with van der Waals surface area (Å²) in [5.74, 6) is 7.04. The second kappa shape index (κ2) is 15.6. The number of carbonyl (C=O) groups is 1. The zero-order valence-corrected chi connectivity index (χ0v) is 24.1. The molecule has 4 aromatic rings. The number of H-pyrrole nitrogens is 1. The highest BCUT2D eigenvalue weighted by Gasteiger charge is 2.34. The van der Waals surface area contributed by atoms with Crippen molar-refractivity contribution < 1.29 is 18.0 Å². The Morgan fingerprint density at radius 2 is 1.64 bits per heavy atom. The van der Waals surface area contributed by atoms with Crippen molar-refractivity contribution in [2.75, 3.05) is 57.5 Å². The third kappa shape index (κ3) is 9.06. The van der Waals surface area contributed by atoms with Gasteiger partial charge >= 0.3 is 6.18 Å². The minimum Gasteiger partial charge on any atom is -0.388 e. The Morgan fingerprint density at radius 3 is 2.31 bits per heavy atom. The highest BCUT2D eigenvalue weighted by molar-refractivity contribution is 5.76. The summed E-state index contributed by atoms with van der Waals surface area (Å²) in [4.78, 5) is 23.9. The van der Waals surface area contributed by atoms with Crippen LogP contribution in [0.4, 0.5) is 24.7 Å². The molecule has 0 unspecified atom stereocenters. The molecule has 4 heterocycles. The number of hydrogen-bond donors (Lipinski definition) is 3. The van der Waals surface area contributed by atoms with Crippen molar-refractivity contribution in [2.45, 2.75) is 19.6 Å². The predicted molar refractivity (Wildman–Crippen MR) is 161 cm³/mol. The van der Waals surface area contributed by atoms with Crippen molar-refractivity contribution in [2.24, 2.45) is 0 Å². The molecule has 0 aliphatic carbocycles. The molecule has 1 aliphatic rings. The first kappa shape index (κ1) is 32.1. The van der Waals surface area contributed by atoms with E-state index in [0.717, 1.165) is 60.7 Å². The Kier molecular flexibility index (Phi) is 11.9. The smallest absolute Gasteiger partial charge is 0.388 e. The lowest BCUT2D eigenvalue weighted by Gasteiger charge is -2.34. The Morgan fingerprint density at radius 1 is 0.929 bits per heavy atom. The summed E-state index contributed by atoms with van der Waals surface area (Å²) in [5.41, 5.74) is 3.01. The number of hydrogen-bond acceptors (Lipinski definition) is 7. The van der Waals surface area contributed by atoms with Crippen LogP contribution in [0.2, 0.25) is 0 Å². The monoisotopic (exact) mass is 579 g/mol.